The van der Waals surface area contributed by atoms with Crippen LogP contribution in [0.2, 0.25) is 0 Å². The number of methoxy groups -OCH3 is 2. The van der Waals surface area contributed by atoms with Crippen LogP contribution in [0.4, 0.5) is 0 Å². The minimum absolute atomic E-state index is 0.266. The molecule has 1 aliphatic heterocycles. The summed E-state index contributed by atoms with van der Waals surface area (Å²) >= 11 is 0. The van der Waals surface area contributed by atoms with E-state index in [0.717, 1.165) is 27.7 Å². The first-order valence-corrected chi connectivity index (χ1v) is 10.0. The van der Waals surface area contributed by atoms with Crippen LogP contribution in [0.1, 0.15) is 12.0 Å². The lowest BCUT2D eigenvalue weighted by atomic mass is 10.1. The number of fused-ring (bicyclic) bond motifs is 1. The Morgan fingerprint density at radius 3 is 2.65 bits per heavy atom. The molecule has 156 valence electrons. The van der Waals surface area contributed by atoms with Gasteiger partial charge < -0.3 is 19.0 Å². The molecule has 0 saturated carbocycles. The second kappa shape index (κ2) is 8.82. The van der Waals surface area contributed by atoms with Gasteiger partial charge in [-0.05, 0) is 6.07 Å². The van der Waals surface area contributed by atoms with Gasteiger partial charge in [-0.15, -0.1) is 0 Å². The topological polar surface area (TPSA) is 60.9 Å². The highest BCUT2D eigenvalue weighted by Crippen LogP contribution is 2.36. The van der Waals surface area contributed by atoms with Gasteiger partial charge in [0.15, 0.2) is 7.98 Å². The zero-order chi connectivity index (χ0) is 22.0. The highest BCUT2D eigenvalue weighted by Gasteiger charge is 2.36. The quantitative estimate of drug-likeness (QED) is 0.454. The number of benzene rings is 2. The molecule has 4 rings (SSSR count). The highest BCUT2D eigenvalue weighted by molar-refractivity contribution is 6.06. The zero-order valence-corrected chi connectivity index (χ0v) is 17.6. The van der Waals surface area contributed by atoms with E-state index >= 15 is 0 Å². The maximum Gasteiger partial charge on any atom is 0.322 e. The average Bonchev–Trinajstić information content (AvgIpc) is 3.17. The van der Waals surface area contributed by atoms with Gasteiger partial charge in [0.25, 0.3) is 0 Å². The predicted molar refractivity (Wildman–Crippen MR) is 121 cm³/mol. The molecule has 0 unspecified atom stereocenters. The number of ether oxygens (including phenoxy) is 3. The number of carbonyl (C=O) groups is 1. The van der Waals surface area contributed by atoms with Gasteiger partial charge in [-0.1, -0.05) is 43.0 Å². The summed E-state index contributed by atoms with van der Waals surface area (Å²) in [6.07, 6.45) is 1.91. The molecule has 2 aromatic carbocycles. The Morgan fingerprint density at radius 1 is 1.19 bits per heavy atom. The molecule has 1 aromatic heterocycles. The van der Waals surface area contributed by atoms with Gasteiger partial charge >= 0.3 is 5.97 Å². The number of nitrogens with zero attached hydrogens (tertiary/aromatic N) is 2. The number of rotatable bonds is 6. The van der Waals surface area contributed by atoms with E-state index in [1.807, 2.05) is 48.5 Å². The fourth-order valence-corrected chi connectivity index (χ4v) is 3.88. The van der Waals surface area contributed by atoms with Crippen LogP contribution in [0.3, 0.4) is 0 Å². The maximum absolute atomic E-state index is 12.0. The summed E-state index contributed by atoms with van der Waals surface area (Å²) in [6.45, 7) is 4.29. The van der Waals surface area contributed by atoms with Gasteiger partial charge in [0.05, 0.1) is 25.4 Å². The average molecular weight is 414 g/mol. The van der Waals surface area contributed by atoms with E-state index in [-0.39, 0.29) is 12.1 Å². The fourth-order valence-electron chi connectivity index (χ4n) is 3.88. The lowest BCUT2D eigenvalue weighted by Crippen LogP contribution is -2.34. The van der Waals surface area contributed by atoms with Gasteiger partial charge in [0.1, 0.15) is 23.6 Å². The number of esters is 1. The lowest BCUT2D eigenvalue weighted by molar-refractivity contribution is -0.144. The van der Waals surface area contributed by atoms with Gasteiger partial charge in [-0.2, -0.15) is 0 Å². The summed E-state index contributed by atoms with van der Waals surface area (Å²) in [5.74, 6) is 0.987. The van der Waals surface area contributed by atoms with Crippen molar-refractivity contribution in [2.24, 2.45) is 0 Å². The Morgan fingerprint density at radius 2 is 1.97 bits per heavy atom. The monoisotopic (exact) mass is 414 g/mol. The molecule has 0 amide bonds. The first-order valence-electron chi connectivity index (χ1n) is 10.0. The Hall–Kier alpha value is -3.32. The smallest absolute Gasteiger partial charge is 0.322 e. The SMILES string of the molecule is [B]N1C[C@H](Oc2cc(-c3ccccc3)nc3cc(OC)c(C=C)cc23)C[C@H]1C(=O)OC. The summed E-state index contributed by atoms with van der Waals surface area (Å²) in [5.41, 5.74) is 3.34. The van der Waals surface area contributed by atoms with Gasteiger partial charge in [0.2, 0.25) is 0 Å². The van der Waals surface area contributed by atoms with E-state index in [9.17, 15) is 4.79 Å². The molecule has 31 heavy (non-hydrogen) atoms. The minimum Gasteiger partial charge on any atom is -0.496 e. The third-order valence-corrected chi connectivity index (χ3v) is 5.48. The summed E-state index contributed by atoms with van der Waals surface area (Å²) in [7, 11) is 9.00. The van der Waals surface area contributed by atoms with Gasteiger partial charge in [0, 0.05) is 41.6 Å². The second-order valence-corrected chi connectivity index (χ2v) is 7.40. The van der Waals surface area contributed by atoms with E-state index in [1.54, 1.807) is 13.2 Å². The van der Waals surface area contributed by atoms with Crippen molar-refractivity contribution in [3.8, 4) is 22.8 Å². The van der Waals surface area contributed by atoms with Crippen LogP contribution >= 0.6 is 0 Å². The van der Waals surface area contributed by atoms with Gasteiger partial charge in [-0.25, -0.2) is 4.98 Å². The van der Waals surface area contributed by atoms with Crippen LogP contribution in [0.25, 0.3) is 28.2 Å². The van der Waals surface area contributed by atoms with E-state index in [2.05, 4.69) is 6.58 Å². The highest BCUT2D eigenvalue weighted by atomic mass is 16.5. The summed E-state index contributed by atoms with van der Waals surface area (Å²) in [4.78, 5) is 18.3. The predicted octanol–water partition coefficient (Wildman–Crippen LogP) is 3.63. The first-order chi connectivity index (χ1) is 15.0. The number of pyridine rings is 1. The largest absolute Gasteiger partial charge is 0.496 e. The minimum atomic E-state index is -0.527. The van der Waals surface area contributed by atoms with Crippen LogP contribution in [0, 0.1) is 0 Å². The van der Waals surface area contributed by atoms with Crippen molar-refractivity contribution >= 4 is 30.9 Å². The van der Waals surface area contributed by atoms with Crippen LogP contribution in [-0.4, -0.2) is 56.7 Å². The molecule has 0 bridgehead atoms. The van der Waals surface area contributed by atoms with Crippen molar-refractivity contribution in [2.75, 3.05) is 20.8 Å². The van der Waals surface area contributed by atoms with E-state index in [4.69, 9.17) is 27.2 Å². The molecule has 0 aliphatic carbocycles. The molecule has 0 N–H and O–H groups in total. The van der Waals surface area contributed by atoms with Crippen molar-refractivity contribution in [3.05, 3.63) is 60.7 Å². The Bertz CT molecular complexity index is 1120. The maximum atomic E-state index is 12.0. The standard InChI is InChI=1S/C24H23BN2O4/c1-4-15-10-18-20(13-22(15)29-2)26-19(16-8-6-5-7-9-16)12-23(18)31-17-11-21(24(28)30-3)27(25)14-17/h4-10,12-13,17,21H,1,11,14H2,2-3H3/t17-,21+/m1/s1. The van der Waals surface area contributed by atoms with Crippen molar-refractivity contribution < 1.29 is 19.0 Å². The second-order valence-electron chi connectivity index (χ2n) is 7.40. The van der Waals surface area contributed by atoms with E-state index < -0.39 is 6.04 Å². The Labute approximate surface area is 182 Å². The van der Waals surface area contributed by atoms with Crippen LogP contribution in [0.15, 0.2) is 55.1 Å². The summed E-state index contributed by atoms with van der Waals surface area (Å²) in [5, 5.41) is 0.834. The molecular formula is C24H23BN2O4. The van der Waals surface area contributed by atoms with Crippen molar-refractivity contribution in [2.45, 2.75) is 18.6 Å². The number of hydrogen-bond acceptors (Lipinski definition) is 6. The zero-order valence-electron chi connectivity index (χ0n) is 17.6. The molecule has 2 heterocycles. The molecular weight excluding hydrogens is 391 g/mol. The first kappa shape index (κ1) is 20.9. The number of aromatic nitrogens is 1. The molecule has 6 nitrogen and oxygen atoms in total. The van der Waals surface area contributed by atoms with Crippen molar-refractivity contribution in [1.29, 1.82) is 0 Å². The molecule has 1 fully saturated rings. The van der Waals surface area contributed by atoms with Crippen molar-refractivity contribution in [3.63, 3.8) is 0 Å². The molecule has 0 spiro atoms. The van der Waals surface area contributed by atoms with Gasteiger partial charge in [-0.3, -0.25) is 4.79 Å². The van der Waals surface area contributed by atoms with Crippen LogP contribution < -0.4 is 9.47 Å². The molecule has 2 atom stereocenters. The Kier molecular flexibility index (Phi) is 5.95. The third-order valence-electron chi connectivity index (χ3n) is 5.48. The number of hydrogen-bond donors (Lipinski definition) is 0. The fraction of sp³-hybridized carbons (Fsp3) is 0.250. The molecule has 3 aromatic rings. The normalized spacial score (nSPS) is 18.6. The van der Waals surface area contributed by atoms with E-state index in [1.165, 1.54) is 11.9 Å². The van der Waals surface area contributed by atoms with Crippen LogP contribution in [0.5, 0.6) is 11.5 Å². The summed E-state index contributed by atoms with van der Waals surface area (Å²) < 4.78 is 16.7. The van der Waals surface area contributed by atoms with Crippen molar-refractivity contribution in [1.82, 2.24) is 9.79 Å². The molecule has 7 heteroatoms. The molecule has 1 saturated heterocycles. The summed E-state index contributed by atoms with van der Waals surface area (Å²) in [6, 6.07) is 15.1. The number of carbonyl (C=O) groups excluding carboxylic acids is 1. The third kappa shape index (κ3) is 4.14. The Balaban J connectivity index is 1.78. The molecule has 1 aliphatic rings. The van der Waals surface area contributed by atoms with Crippen LogP contribution in [-0.2, 0) is 9.53 Å². The lowest BCUT2D eigenvalue weighted by Gasteiger charge is -2.18. The molecule has 2 radical (unpaired) electrons. The van der Waals surface area contributed by atoms with E-state index in [0.29, 0.717) is 24.5 Å².